The quantitative estimate of drug-likeness (QED) is 0.748. The van der Waals surface area contributed by atoms with Gasteiger partial charge in [-0.25, -0.2) is 4.98 Å². The molecule has 0 atom stereocenters. The maximum atomic E-state index is 12.7. The largest absolute Gasteiger partial charge is 0.433 e. The number of pyridine rings is 1. The number of rotatable bonds is 2. The summed E-state index contributed by atoms with van der Waals surface area (Å²) in [5.41, 5.74) is -0.660. The lowest BCUT2D eigenvalue weighted by Gasteiger charge is -2.12. The summed E-state index contributed by atoms with van der Waals surface area (Å²) in [7, 11) is 0. The van der Waals surface area contributed by atoms with Crippen LogP contribution in [0, 0.1) is 0 Å². The molecule has 8 heteroatoms. The maximum Gasteiger partial charge on any atom is 0.433 e. The lowest BCUT2D eigenvalue weighted by atomic mass is 10.1. The van der Waals surface area contributed by atoms with Crippen LogP contribution in [0.4, 0.5) is 13.2 Å². The number of aliphatic hydroxyl groups is 1. The van der Waals surface area contributed by atoms with Crippen molar-refractivity contribution >= 4 is 34.8 Å². The fourth-order valence-corrected chi connectivity index (χ4v) is 2.31. The predicted octanol–water partition coefficient (Wildman–Crippen LogP) is 5.22. The van der Waals surface area contributed by atoms with Gasteiger partial charge in [-0.1, -0.05) is 40.9 Å². The normalized spacial score (nSPS) is 11.8. The monoisotopic (exact) mass is 355 g/mol. The van der Waals surface area contributed by atoms with Gasteiger partial charge in [0.15, 0.2) is 0 Å². The molecule has 1 aromatic heterocycles. The van der Waals surface area contributed by atoms with Crippen molar-refractivity contribution in [3.8, 4) is 11.3 Å². The van der Waals surface area contributed by atoms with E-state index in [1.54, 1.807) is 0 Å². The Morgan fingerprint density at radius 1 is 1.05 bits per heavy atom. The van der Waals surface area contributed by atoms with Crippen molar-refractivity contribution in [1.82, 2.24) is 4.98 Å². The maximum absolute atomic E-state index is 12.7. The van der Waals surface area contributed by atoms with Crippen molar-refractivity contribution in [2.45, 2.75) is 12.8 Å². The second-order valence-corrected chi connectivity index (χ2v) is 5.31. The smallest absolute Gasteiger partial charge is 0.392 e. The van der Waals surface area contributed by atoms with Crippen molar-refractivity contribution < 1.29 is 18.3 Å². The predicted molar refractivity (Wildman–Crippen MR) is 75.6 cm³/mol. The minimum atomic E-state index is -4.59. The Morgan fingerprint density at radius 2 is 1.62 bits per heavy atom. The molecule has 112 valence electrons. The number of hydrogen-bond acceptors (Lipinski definition) is 2. The lowest BCUT2D eigenvalue weighted by Crippen LogP contribution is -2.09. The highest BCUT2D eigenvalue weighted by Crippen LogP contribution is 2.37. The van der Waals surface area contributed by atoms with E-state index < -0.39 is 18.5 Å². The average Bonchev–Trinajstić information content (AvgIpc) is 2.42. The minimum Gasteiger partial charge on any atom is -0.392 e. The van der Waals surface area contributed by atoms with Crippen LogP contribution in [-0.2, 0) is 12.8 Å². The molecule has 2 aromatic rings. The third kappa shape index (κ3) is 3.43. The molecule has 0 fully saturated rings. The highest BCUT2D eigenvalue weighted by molar-refractivity contribution is 6.48. The second kappa shape index (κ2) is 6.01. The number of aromatic nitrogens is 1. The number of halogens is 6. The second-order valence-electron chi connectivity index (χ2n) is 4.11. The molecule has 1 heterocycles. The van der Waals surface area contributed by atoms with Gasteiger partial charge in [0.1, 0.15) is 5.69 Å². The van der Waals surface area contributed by atoms with Crippen molar-refractivity contribution in [2.24, 2.45) is 0 Å². The molecule has 0 aliphatic rings. The Balaban J connectivity index is 2.67. The molecule has 0 unspecified atom stereocenters. The first-order chi connectivity index (χ1) is 9.74. The van der Waals surface area contributed by atoms with Gasteiger partial charge in [-0.3, -0.25) is 0 Å². The molecular formula is C13H7Cl3F3NO. The van der Waals surface area contributed by atoms with E-state index in [9.17, 15) is 18.3 Å². The van der Waals surface area contributed by atoms with Crippen LogP contribution in [0.1, 0.15) is 11.3 Å². The molecule has 1 N–H and O–H groups in total. The Kier molecular flexibility index (Phi) is 4.68. The first-order valence-corrected chi connectivity index (χ1v) is 6.70. The molecule has 0 radical (unpaired) electrons. The Hall–Kier alpha value is -1.01. The van der Waals surface area contributed by atoms with Crippen LogP contribution >= 0.6 is 34.8 Å². The molecule has 0 saturated heterocycles. The van der Waals surface area contributed by atoms with Crippen molar-refractivity contribution in [3.63, 3.8) is 0 Å². The summed E-state index contributed by atoms with van der Waals surface area (Å²) in [6, 6.07) is 4.64. The zero-order valence-corrected chi connectivity index (χ0v) is 12.4. The summed E-state index contributed by atoms with van der Waals surface area (Å²) in [6.07, 6.45) is -4.59. The van der Waals surface area contributed by atoms with Crippen molar-refractivity contribution in [3.05, 3.63) is 50.6 Å². The first-order valence-electron chi connectivity index (χ1n) is 5.57. The van der Waals surface area contributed by atoms with Gasteiger partial charge in [-0.05, 0) is 18.2 Å². The molecule has 0 aliphatic heterocycles. The fraction of sp³-hybridized carbons (Fsp3) is 0.154. The molecule has 0 saturated carbocycles. The van der Waals surface area contributed by atoms with Gasteiger partial charge in [0.25, 0.3) is 0 Å². The van der Waals surface area contributed by atoms with E-state index in [2.05, 4.69) is 4.98 Å². The molecule has 0 aliphatic carbocycles. The van der Waals surface area contributed by atoms with Gasteiger partial charge in [-0.2, -0.15) is 13.2 Å². The Bertz CT molecular complexity index is 666. The molecule has 2 rings (SSSR count). The molecule has 21 heavy (non-hydrogen) atoms. The van der Waals surface area contributed by atoms with Gasteiger partial charge in [0.2, 0.25) is 0 Å². The van der Waals surface area contributed by atoms with Crippen LogP contribution in [0.3, 0.4) is 0 Å². The standard InChI is InChI=1S/C13H7Cl3F3NO/c14-8-3-7(4-9(15)11(8)16)12-6(5-21)1-2-10(20-12)13(17,18)19/h1-4,21H,5H2. The van der Waals surface area contributed by atoms with E-state index in [-0.39, 0.29) is 31.9 Å². The van der Waals surface area contributed by atoms with Crippen LogP contribution < -0.4 is 0 Å². The van der Waals surface area contributed by atoms with E-state index in [0.717, 1.165) is 12.1 Å². The third-order valence-electron chi connectivity index (χ3n) is 2.70. The SMILES string of the molecule is OCc1ccc(C(F)(F)F)nc1-c1cc(Cl)c(Cl)c(Cl)c1. The van der Waals surface area contributed by atoms with E-state index in [1.807, 2.05) is 0 Å². The van der Waals surface area contributed by atoms with Crippen LogP contribution in [0.25, 0.3) is 11.3 Å². The summed E-state index contributed by atoms with van der Waals surface area (Å²) < 4.78 is 38.2. The highest BCUT2D eigenvalue weighted by atomic mass is 35.5. The summed E-state index contributed by atoms with van der Waals surface area (Å²) in [4.78, 5) is 3.55. The van der Waals surface area contributed by atoms with Gasteiger partial charge >= 0.3 is 6.18 Å². The molecule has 0 bridgehead atoms. The van der Waals surface area contributed by atoms with E-state index in [0.29, 0.717) is 0 Å². The molecular weight excluding hydrogens is 350 g/mol. The van der Waals surface area contributed by atoms with Gasteiger partial charge in [-0.15, -0.1) is 0 Å². The number of nitrogens with zero attached hydrogens (tertiary/aromatic N) is 1. The molecule has 2 nitrogen and oxygen atoms in total. The van der Waals surface area contributed by atoms with E-state index in [1.165, 1.54) is 12.1 Å². The Morgan fingerprint density at radius 3 is 2.10 bits per heavy atom. The first kappa shape index (κ1) is 16.4. The van der Waals surface area contributed by atoms with Crippen LogP contribution in [0.15, 0.2) is 24.3 Å². The summed E-state index contributed by atoms with van der Waals surface area (Å²) in [6.45, 7) is -0.474. The van der Waals surface area contributed by atoms with Crippen molar-refractivity contribution in [1.29, 1.82) is 0 Å². The third-order valence-corrected chi connectivity index (χ3v) is 3.89. The number of aliphatic hydroxyl groups excluding tert-OH is 1. The number of benzene rings is 1. The van der Waals surface area contributed by atoms with Gasteiger partial charge in [0.05, 0.1) is 27.4 Å². The van der Waals surface area contributed by atoms with E-state index >= 15 is 0 Å². The fourth-order valence-electron chi connectivity index (χ4n) is 1.72. The zero-order valence-electron chi connectivity index (χ0n) is 10.2. The minimum absolute atomic E-state index is 0.0483. The zero-order chi connectivity index (χ0) is 15.8. The summed E-state index contributed by atoms with van der Waals surface area (Å²) in [5, 5.41) is 9.52. The van der Waals surface area contributed by atoms with Gasteiger partial charge in [0, 0.05) is 11.1 Å². The summed E-state index contributed by atoms with van der Waals surface area (Å²) >= 11 is 17.5. The Labute approximate surface area is 133 Å². The topological polar surface area (TPSA) is 33.1 Å². The van der Waals surface area contributed by atoms with E-state index in [4.69, 9.17) is 34.8 Å². The van der Waals surface area contributed by atoms with Crippen LogP contribution in [0.5, 0.6) is 0 Å². The van der Waals surface area contributed by atoms with Crippen LogP contribution in [0.2, 0.25) is 15.1 Å². The lowest BCUT2D eigenvalue weighted by molar-refractivity contribution is -0.141. The summed E-state index contributed by atoms with van der Waals surface area (Å²) in [5.74, 6) is 0. The van der Waals surface area contributed by atoms with Crippen LogP contribution in [-0.4, -0.2) is 10.1 Å². The molecule has 1 aromatic carbocycles. The number of alkyl halides is 3. The van der Waals surface area contributed by atoms with Gasteiger partial charge < -0.3 is 5.11 Å². The molecule has 0 spiro atoms. The molecule has 0 amide bonds. The average molecular weight is 357 g/mol. The number of hydrogen-bond donors (Lipinski definition) is 1. The van der Waals surface area contributed by atoms with Crippen molar-refractivity contribution in [2.75, 3.05) is 0 Å². The highest BCUT2D eigenvalue weighted by Gasteiger charge is 2.33.